The van der Waals surface area contributed by atoms with E-state index in [4.69, 9.17) is 17.3 Å². The summed E-state index contributed by atoms with van der Waals surface area (Å²) in [5, 5.41) is 0.539. The standard InChI is InChI=1S/C25H25ClF3N3O/c1-17(31-15-14-23(30)19-8-5-9-21(26)16-19)32(24(33)18-6-3-2-4-7-18)22-12-10-20(11-13-22)25(27,28)29/h5,8-16,18H,1-4,6-7,30H2/b23-14-,31-15-. The van der Waals surface area contributed by atoms with Crippen molar-refractivity contribution in [1.29, 1.82) is 0 Å². The predicted molar refractivity (Wildman–Crippen MR) is 127 cm³/mol. The van der Waals surface area contributed by atoms with E-state index in [1.165, 1.54) is 23.2 Å². The Bertz CT molecular complexity index is 1060. The van der Waals surface area contributed by atoms with E-state index < -0.39 is 11.7 Å². The molecular formula is C25H25ClF3N3O. The van der Waals surface area contributed by atoms with E-state index in [0.717, 1.165) is 44.2 Å². The van der Waals surface area contributed by atoms with E-state index in [2.05, 4.69) is 11.6 Å². The molecule has 174 valence electrons. The molecule has 3 rings (SSSR count). The molecule has 2 aromatic rings. The van der Waals surface area contributed by atoms with Crippen molar-refractivity contribution in [3.05, 3.63) is 83.2 Å². The number of benzene rings is 2. The van der Waals surface area contributed by atoms with Crippen molar-refractivity contribution in [2.24, 2.45) is 16.6 Å². The van der Waals surface area contributed by atoms with Crippen LogP contribution >= 0.6 is 11.6 Å². The lowest BCUT2D eigenvalue weighted by atomic mass is 9.88. The van der Waals surface area contributed by atoms with Crippen LogP contribution in [0.15, 0.2) is 72.0 Å². The number of hydrogen-bond acceptors (Lipinski definition) is 3. The van der Waals surface area contributed by atoms with Gasteiger partial charge in [0.25, 0.3) is 0 Å². The molecule has 1 aliphatic rings. The number of rotatable bonds is 6. The molecule has 1 aliphatic carbocycles. The van der Waals surface area contributed by atoms with E-state index in [9.17, 15) is 18.0 Å². The third-order valence-electron chi connectivity index (χ3n) is 5.52. The van der Waals surface area contributed by atoms with Gasteiger partial charge in [0.2, 0.25) is 5.91 Å². The zero-order valence-electron chi connectivity index (χ0n) is 18.0. The summed E-state index contributed by atoms with van der Waals surface area (Å²) in [5.74, 6) is -0.344. The van der Waals surface area contributed by atoms with Crippen LogP contribution in [0.5, 0.6) is 0 Å². The minimum atomic E-state index is -4.46. The quantitative estimate of drug-likeness (QED) is 0.466. The van der Waals surface area contributed by atoms with E-state index in [-0.39, 0.29) is 23.3 Å². The minimum Gasteiger partial charge on any atom is -0.398 e. The normalized spacial score (nSPS) is 15.6. The van der Waals surface area contributed by atoms with Crippen LogP contribution in [-0.4, -0.2) is 12.1 Å². The Hall–Kier alpha value is -3.06. The smallest absolute Gasteiger partial charge is 0.398 e. The molecule has 0 atom stereocenters. The third kappa shape index (κ3) is 6.48. The summed E-state index contributed by atoms with van der Waals surface area (Å²) in [5.41, 5.74) is 6.68. The lowest BCUT2D eigenvalue weighted by Crippen LogP contribution is -2.36. The van der Waals surface area contributed by atoms with Gasteiger partial charge in [0, 0.05) is 22.9 Å². The maximum absolute atomic E-state index is 13.3. The van der Waals surface area contributed by atoms with Crippen LogP contribution in [-0.2, 0) is 11.0 Å². The number of aliphatic imine (C=N–C) groups is 1. The fourth-order valence-corrected chi connectivity index (χ4v) is 3.95. The summed E-state index contributed by atoms with van der Waals surface area (Å²) in [6, 6.07) is 11.4. The molecule has 1 amide bonds. The zero-order chi connectivity index (χ0) is 24.0. The molecular weight excluding hydrogens is 451 g/mol. The highest BCUT2D eigenvalue weighted by Crippen LogP contribution is 2.33. The summed E-state index contributed by atoms with van der Waals surface area (Å²) in [6.07, 6.45) is 2.89. The summed E-state index contributed by atoms with van der Waals surface area (Å²) < 4.78 is 39.0. The molecule has 33 heavy (non-hydrogen) atoms. The summed E-state index contributed by atoms with van der Waals surface area (Å²) in [6.45, 7) is 3.90. The van der Waals surface area contributed by atoms with Crippen LogP contribution in [0.4, 0.5) is 18.9 Å². The molecule has 0 radical (unpaired) electrons. The number of nitrogens with two attached hydrogens (primary N) is 1. The number of hydrogen-bond donors (Lipinski definition) is 1. The highest BCUT2D eigenvalue weighted by atomic mass is 35.5. The van der Waals surface area contributed by atoms with E-state index in [0.29, 0.717) is 16.3 Å². The number of alkyl halides is 3. The van der Waals surface area contributed by atoms with Gasteiger partial charge in [-0.15, -0.1) is 0 Å². The van der Waals surface area contributed by atoms with Gasteiger partial charge in [-0.25, -0.2) is 4.99 Å². The molecule has 2 aromatic carbocycles. The topological polar surface area (TPSA) is 58.7 Å². The van der Waals surface area contributed by atoms with Crippen molar-refractivity contribution in [3.8, 4) is 0 Å². The number of halogens is 4. The predicted octanol–water partition coefficient (Wildman–Crippen LogP) is 6.81. The summed E-state index contributed by atoms with van der Waals surface area (Å²) in [7, 11) is 0. The van der Waals surface area contributed by atoms with Gasteiger partial charge in [0.1, 0.15) is 5.82 Å². The minimum absolute atomic E-state index is 0.0977. The van der Waals surface area contributed by atoms with Crippen LogP contribution in [0.25, 0.3) is 5.70 Å². The van der Waals surface area contributed by atoms with Gasteiger partial charge in [-0.2, -0.15) is 13.2 Å². The first kappa shape index (κ1) is 24.6. The SMILES string of the molecule is C=C(/N=C\C=C(/N)c1cccc(Cl)c1)N(C(=O)C1CCCCC1)c1ccc(C(F)(F)F)cc1. The first-order chi connectivity index (χ1) is 15.7. The average molecular weight is 476 g/mol. The molecule has 8 heteroatoms. The van der Waals surface area contributed by atoms with Crippen LogP contribution < -0.4 is 10.6 Å². The zero-order valence-corrected chi connectivity index (χ0v) is 18.7. The highest BCUT2D eigenvalue weighted by molar-refractivity contribution is 6.30. The van der Waals surface area contributed by atoms with Crippen LogP contribution in [0.3, 0.4) is 0 Å². The lowest BCUT2D eigenvalue weighted by molar-refractivity contribution is -0.137. The molecule has 1 saturated carbocycles. The number of amides is 1. The van der Waals surface area contributed by atoms with Crippen molar-refractivity contribution in [3.63, 3.8) is 0 Å². The van der Waals surface area contributed by atoms with Gasteiger partial charge in [-0.1, -0.05) is 49.6 Å². The molecule has 4 nitrogen and oxygen atoms in total. The number of nitrogens with zero attached hydrogens (tertiary/aromatic N) is 2. The Labute approximate surface area is 196 Å². The summed E-state index contributed by atoms with van der Waals surface area (Å²) in [4.78, 5) is 18.8. The monoisotopic (exact) mass is 475 g/mol. The van der Waals surface area contributed by atoms with E-state index in [1.807, 2.05) is 0 Å². The van der Waals surface area contributed by atoms with Gasteiger partial charge >= 0.3 is 6.18 Å². The van der Waals surface area contributed by atoms with Gasteiger partial charge in [-0.3, -0.25) is 9.69 Å². The van der Waals surface area contributed by atoms with Crippen molar-refractivity contribution < 1.29 is 18.0 Å². The van der Waals surface area contributed by atoms with Crippen molar-refractivity contribution in [2.75, 3.05) is 4.90 Å². The second-order valence-corrected chi connectivity index (χ2v) is 8.32. The first-order valence-corrected chi connectivity index (χ1v) is 11.0. The molecule has 0 spiro atoms. The molecule has 2 N–H and O–H groups in total. The first-order valence-electron chi connectivity index (χ1n) is 10.6. The largest absolute Gasteiger partial charge is 0.416 e. The Balaban J connectivity index is 1.86. The molecule has 1 fully saturated rings. The van der Waals surface area contributed by atoms with Crippen LogP contribution in [0.1, 0.15) is 43.2 Å². The Morgan fingerprint density at radius 1 is 1.12 bits per heavy atom. The fraction of sp³-hybridized carbons (Fsp3) is 0.280. The molecule has 0 saturated heterocycles. The average Bonchev–Trinajstić information content (AvgIpc) is 2.79. The molecule has 0 unspecified atom stereocenters. The number of carbonyl (C=O) groups excluding carboxylic acids is 1. The van der Waals surface area contributed by atoms with E-state index in [1.54, 1.807) is 30.3 Å². The van der Waals surface area contributed by atoms with Crippen LogP contribution in [0.2, 0.25) is 5.02 Å². The Morgan fingerprint density at radius 3 is 2.39 bits per heavy atom. The second kappa shape index (κ2) is 10.7. The van der Waals surface area contributed by atoms with E-state index >= 15 is 0 Å². The number of anilines is 1. The lowest BCUT2D eigenvalue weighted by Gasteiger charge is -2.29. The second-order valence-electron chi connectivity index (χ2n) is 7.88. The van der Waals surface area contributed by atoms with Gasteiger partial charge < -0.3 is 5.73 Å². The number of carbonyl (C=O) groups is 1. The highest BCUT2D eigenvalue weighted by Gasteiger charge is 2.32. The molecule has 0 aliphatic heterocycles. The molecule has 0 heterocycles. The van der Waals surface area contributed by atoms with Crippen molar-refractivity contribution in [2.45, 2.75) is 38.3 Å². The Morgan fingerprint density at radius 2 is 1.79 bits per heavy atom. The maximum Gasteiger partial charge on any atom is 0.416 e. The maximum atomic E-state index is 13.3. The van der Waals surface area contributed by atoms with Crippen molar-refractivity contribution in [1.82, 2.24) is 0 Å². The van der Waals surface area contributed by atoms with Gasteiger partial charge in [-0.05, 0) is 60.9 Å². The fourth-order valence-electron chi connectivity index (χ4n) is 3.76. The van der Waals surface area contributed by atoms with Gasteiger partial charge in [0.05, 0.1) is 11.3 Å². The summed E-state index contributed by atoms with van der Waals surface area (Å²) >= 11 is 5.99. The number of allylic oxidation sites excluding steroid dienone is 1. The molecule has 0 aromatic heterocycles. The van der Waals surface area contributed by atoms with Crippen molar-refractivity contribution >= 4 is 35.1 Å². The molecule has 0 bridgehead atoms. The van der Waals surface area contributed by atoms with Gasteiger partial charge in [0.15, 0.2) is 0 Å². The Kier molecular flexibility index (Phi) is 7.97. The third-order valence-corrected chi connectivity index (χ3v) is 5.76. The van der Waals surface area contributed by atoms with Crippen LogP contribution in [0, 0.1) is 5.92 Å².